The van der Waals surface area contributed by atoms with E-state index in [0.29, 0.717) is 5.92 Å². The molecule has 1 fully saturated rings. The van der Waals surface area contributed by atoms with Gasteiger partial charge in [0.2, 0.25) is 0 Å². The standard InChI is InChI=1S/C16H25ClN2O/c1-3-7-18-10-14-4-5-15(9-16(14)17)19-8-6-13(11-19)12-20-2/h4-5,9,13,18H,3,6-8,10-12H2,1-2H3. The van der Waals surface area contributed by atoms with Gasteiger partial charge in [-0.15, -0.1) is 0 Å². The maximum atomic E-state index is 6.39. The molecule has 20 heavy (non-hydrogen) atoms. The first-order chi connectivity index (χ1) is 9.74. The van der Waals surface area contributed by atoms with Gasteiger partial charge in [-0.3, -0.25) is 0 Å². The summed E-state index contributed by atoms with van der Waals surface area (Å²) in [6, 6.07) is 6.42. The molecule has 1 aromatic rings. The van der Waals surface area contributed by atoms with E-state index in [1.165, 1.54) is 17.7 Å². The van der Waals surface area contributed by atoms with Crippen LogP contribution in [0.3, 0.4) is 0 Å². The molecule has 1 N–H and O–H groups in total. The zero-order chi connectivity index (χ0) is 14.4. The summed E-state index contributed by atoms with van der Waals surface area (Å²) in [6.45, 7) is 7.06. The van der Waals surface area contributed by atoms with E-state index in [-0.39, 0.29) is 0 Å². The molecule has 0 saturated carbocycles. The zero-order valence-electron chi connectivity index (χ0n) is 12.5. The van der Waals surface area contributed by atoms with Crippen molar-refractivity contribution in [3.8, 4) is 0 Å². The number of ether oxygens (including phenoxy) is 1. The quantitative estimate of drug-likeness (QED) is 0.781. The van der Waals surface area contributed by atoms with E-state index in [9.17, 15) is 0 Å². The molecule has 1 atom stereocenters. The molecule has 1 saturated heterocycles. The molecule has 2 rings (SSSR count). The SMILES string of the molecule is CCCNCc1ccc(N2CCC(COC)C2)cc1Cl. The molecule has 1 aliphatic heterocycles. The van der Waals surface area contributed by atoms with Crippen molar-refractivity contribution < 1.29 is 4.74 Å². The van der Waals surface area contributed by atoms with Gasteiger partial charge in [-0.25, -0.2) is 0 Å². The summed E-state index contributed by atoms with van der Waals surface area (Å²) in [5.74, 6) is 0.643. The highest BCUT2D eigenvalue weighted by Gasteiger charge is 2.22. The molecule has 4 heteroatoms. The molecule has 0 amide bonds. The summed E-state index contributed by atoms with van der Waals surface area (Å²) in [4.78, 5) is 2.40. The average Bonchev–Trinajstić information content (AvgIpc) is 2.90. The van der Waals surface area contributed by atoms with Crippen LogP contribution in [0.15, 0.2) is 18.2 Å². The lowest BCUT2D eigenvalue weighted by Gasteiger charge is -2.20. The molecule has 1 unspecified atom stereocenters. The first-order valence-electron chi connectivity index (χ1n) is 7.47. The molecule has 0 radical (unpaired) electrons. The number of anilines is 1. The lowest BCUT2D eigenvalue weighted by molar-refractivity contribution is 0.161. The fourth-order valence-electron chi connectivity index (χ4n) is 2.72. The Morgan fingerprint density at radius 2 is 2.30 bits per heavy atom. The third kappa shape index (κ3) is 4.11. The largest absolute Gasteiger partial charge is 0.384 e. The summed E-state index contributed by atoms with van der Waals surface area (Å²) in [5.41, 5.74) is 2.41. The van der Waals surface area contributed by atoms with Crippen LogP contribution in [-0.2, 0) is 11.3 Å². The fourth-order valence-corrected chi connectivity index (χ4v) is 2.96. The van der Waals surface area contributed by atoms with E-state index >= 15 is 0 Å². The molecule has 0 aromatic heterocycles. The van der Waals surface area contributed by atoms with Crippen molar-refractivity contribution >= 4 is 17.3 Å². The summed E-state index contributed by atoms with van der Waals surface area (Å²) in [7, 11) is 1.78. The number of hydrogen-bond acceptors (Lipinski definition) is 3. The Kier molecular flexibility index (Phi) is 6.14. The Bertz CT molecular complexity index is 425. The monoisotopic (exact) mass is 296 g/mol. The third-order valence-electron chi connectivity index (χ3n) is 3.83. The van der Waals surface area contributed by atoms with E-state index in [2.05, 4.69) is 35.3 Å². The number of nitrogens with one attached hydrogen (secondary N) is 1. The number of halogens is 1. The van der Waals surface area contributed by atoms with Gasteiger partial charge >= 0.3 is 0 Å². The maximum absolute atomic E-state index is 6.39. The van der Waals surface area contributed by atoms with E-state index in [4.69, 9.17) is 16.3 Å². The Morgan fingerprint density at radius 1 is 1.45 bits per heavy atom. The van der Waals surface area contributed by atoms with Gasteiger partial charge in [-0.2, -0.15) is 0 Å². The molecule has 0 spiro atoms. The smallest absolute Gasteiger partial charge is 0.0508 e. The summed E-state index contributed by atoms with van der Waals surface area (Å²) in [6.07, 6.45) is 2.34. The van der Waals surface area contributed by atoms with Crippen molar-refractivity contribution in [3.63, 3.8) is 0 Å². The topological polar surface area (TPSA) is 24.5 Å². The van der Waals surface area contributed by atoms with Gasteiger partial charge in [0.25, 0.3) is 0 Å². The van der Waals surface area contributed by atoms with Crippen LogP contribution in [0.1, 0.15) is 25.3 Å². The maximum Gasteiger partial charge on any atom is 0.0508 e. The predicted octanol–water partition coefficient (Wildman–Crippen LogP) is 3.31. The van der Waals surface area contributed by atoms with Gasteiger partial charge in [-0.1, -0.05) is 24.6 Å². The molecule has 1 heterocycles. The Labute approximate surface area is 127 Å². The minimum absolute atomic E-state index is 0.643. The van der Waals surface area contributed by atoms with Gasteiger partial charge < -0.3 is 15.0 Å². The van der Waals surface area contributed by atoms with Gasteiger partial charge in [0.05, 0.1) is 6.61 Å². The van der Waals surface area contributed by atoms with Crippen molar-refractivity contribution in [2.75, 3.05) is 38.3 Å². The van der Waals surface area contributed by atoms with Crippen LogP contribution < -0.4 is 10.2 Å². The Morgan fingerprint density at radius 3 is 3.00 bits per heavy atom. The molecule has 0 aliphatic carbocycles. The molecule has 112 valence electrons. The van der Waals surface area contributed by atoms with E-state index in [1.54, 1.807) is 7.11 Å². The fraction of sp³-hybridized carbons (Fsp3) is 0.625. The lowest BCUT2D eigenvalue weighted by atomic mass is 10.1. The van der Waals surface area contributed by atoms with Crippen molar-refractivity contribution in [3.05, 3.63) is 28.8 Å². The second-order valence-corrected chi connectivity index (χ2v) is 5.92. The molecule has 0 bridgehead atoms. The number of rotatable bonds is 7. The highest BCUT2D eigenvalue weighted by atomic mass is 35.5. The van der Waals surface area contributed by atoms with Crippen LogP contribution in [0.5, 0.6) is 0 Å². The Hall–Kier alpha value is -0.770. The van der Waals surface area contributed by atoms with Crippen molar-refractivity contribution in [2.24, 2.45) is 5.92 Å². The molecule has 1 aliphatic rings. The van der Waals surface area contributed by atoms with Gasteiger partial charge in [0.1, 0.15) is 0 Å². The second kappa shape index (κ2) is 7.87. The van der Waals surface area contributed by atoms with Crippen LogP contribution in [0.2, 0.25) is 5.02 Å². The van der Waals surface area contributed by atoms with E-state index in [1.807, 2.05) is 0 Å². The van der Waals surface area contributed by atoms with Crippen LogP contribution in [-0.4, -0.2) is 33.4 Å². The number of benzene rings is 1. The van der Waals surface area contributed by atoms with Gasteiger partial charge in [-0.05, 0) is 37.1 Å². The van der Waals surface area contributed by atoms with Crippen LogP contribution in [0.25, 0.3) is 0 Å². The number of nitrogens with zero attached hydrogens (tertiary/aromatic N) is 1. The minimum atomic E-state index is 0.643. The lowest BCUT2D eigenvalue weighted by Crippen LogP contribution is -2.21. The Balaban J connectivity index is 1.95. The van der Waals surface area contributed by atoms with Crippen molar-refractivity contribution in [1.82, 2.24) is 5.32 Å². The first-order valence-corrected chi connectivity index (χ1v) is 7.85. The first kappa shape index (κ1) is 15.6. The normalized spacial score (nSPS) is 18.8. The second-order valence-electron chi connectivity index (χ2n) is 5.51. The number of methoxy groups -OCH3 is 1. The van der Waals surface area contributed by atoms with E-state index < -0.39 is 0 Å². The van der Waals surface area contributed by atoms with Crippen LogP contribution >= 0.6 is 11.6 Å². The highest BCUT2D eigenvalue weighted by Crippen LogP contribution is 2.28. The van der Waals surface area contributed by atoms with Gasteiger partial charge in [0.15, 0.2) is 0 Å². The molecule has 3 nitrogen and oxygen atoms in total. The molecular formula is C16H25ClN2O. The van der Waals surface area contributed by atoms with Crippen molar-refractivity contribution in [2.45, 2.75) is 26.3 Å². The van der Waals surface area contributed by atoms with Crippen LogP contribution in [0.4, 0.5) is 5.69 Å². The third-order valence-corrected chi connectivity index (χ3v) is 4.18. The average molecular weight is 297 g/mol. The zero-order valence-corrected chi connectivity index (χ0v) is 13.2. The molecule has 1 aromatic carbocycles. The molecular weight excluding hydrogens is 272 g/mol. The van der Waals surface area contributed by atoms with Gasteiger partial charge in [0, 0.05) is 43.4 Å². The highest BCUT2D eigenvalue weighted by molar-refractivity contribution is 6.31. The summed E-state index contributed by atoms with van der Waals surface area (Å²) < 4.78 is 5.25. The van der Waals surface area contributed by atoms with E-state index in [0.717, 1.165) is 44.2 Å². The minimum Gasteiger partial charge on any atom is -0.384 e. The summed E-state index contributed by atoms with van der Waals surface area (Å²) in [5, 5.41) is 4.25. The summed E-state index contributed by atoms with van der Waals surface area (Å²) >= 11 is 6.39. The van der Waals surface area contributed by atoms with Crippen LogP contribution in [0, 0.1) is 5.92 Å². The number of hydrogen-bond donors (Lipinski definition) is 1. The predicted molar refractivity (Wildman–Crippen MR) is 85.6 cm³/mol. The van der Waals surface area contributed by atoms with Crippen molar-refractivity contribution in [1.29, 1.82) is 0 Å².